The number of hydrogen-bond acceptors (Lipinski definition) is 0. The topological polar surface area (TPSA) is 0 Å². The van der Waals surface area contributed by atoms with Crippen molar-refractivity contribution in [2.24, 2.45) is 34.5 Å². The predicted molar refractivity (Wildman–Crippen MR) is 90.0 cm³/mol. The van der Waals surface area contributed by atoms with Gasteiger partial charge >= 0.3 is 0 Å². The lowest BCUT2D eigenvalue weighted by Crippen LogP contribution is -2.52. The lowest BCUT2D eigenvalue weighted by molar-refractivity contribution is -0.0903. The van der Waals surface area contributed by atoms with Crippen LogP contribution in [0.4, 0.5) is 0 Å². The van der Waals surface area contributed by atoms with Crippen LogP contribution in [-0.2, 0) is 0 Å². The molecule has 3 unspecified atom stereocenters. The Morgan fingerprint density at radius 2 is 1.71 bits per heavy atom. The van der Waals surface area contributed by atoms with Gasteiger partial charge in [-0.05, 0) is 92.3 Å². The van der Waals surface area contributed by atoms with Gasteiger partial charge in [0.2, 0.25) is 0 Å². The fourth-order valence-corrected chi connectivity index (χ4v) is 7.06. The van der Waals surface area contributed by atoms with E-state index in [2.05, 4.69) is 27.0 Å². The quantitative estimate of drug-likeness (QED) is 0.469. The van der Waals surface area contributed by atoms with E-state index in [9.17, 15) is 0 Å². The summed E-state index contributed by atoms with van der Waals surface area (Å²) in [6.07, 6.45) is 12.6. The maximum Gasteiger partial charge on any atom is -0.00879 e. The van der Waals surface area contributed by atoms with Crippen LogP contribution in [0.25, 0.3) is 0 Å². The van der Waals surface area contributed by atoms with Crippen molar-refractivity contribution in [2.75, 3.05) is 0 Å². The highest BCUT2D eigenvalue weighted by atomic mass is 14.6. The molecule has 0 heterocycles. The maximum absolute atomic E-state index is 4.45. The molecule has 0 saturated heterocycles. The summed E-state index contributed by atoms with van der Waals surface area (Å²) < 4.78 is 0. The second-order valence-electron chi connectivity index (χ2n) is 9.21. The second kappa shape index (κ2) is 4.49. The van der Waals surface area contributed by atoms with Crippen LogP contribution in [0.15, 0.2) is 24.3 Å². The highest BCUT2D eigenvalue weighted by molar-refractivity contribution is 5.22. The number of rotatable bonds is 0. The molecule has 0 N–H and O–H groups in total. The summed E-state index contributed by atoms with van der Waals surface area (Å²) >= 11 is 0. The van der Waals surface area contributed by atoms with Crippen molar-refractivity contribution >= 4 is 0 Å². The van der Waals surface area contributed by atoms with Gasteiger partial charge in [0.15, 0.2) is 0 Å². The summed E-state index contributed by atoms with van der Waals surface area (Å²) in [5, 5.41) is 0. The molecule has 0 amide bonds. The Bertz CT molecular complexity index is 486. The van der Waals surface area contributed by atoms with Crippen LogP contribution in [-0.4, -0.2) is 0 Å². The van der Waals surface area contributed by atoms with E-state index in [1.807, 2.05) is 0 Å². The summed E-state index contributed by atoms with van der Waals surface area (Å²) in [5.74, 6) is 3.88. The van der Waals surface area contributed by atoms with Gasteiger partial charge in [0.25, 0.3) is 0 Å². The Morgan fingerprint density at radius 1 is 0.905 bits per heavy atom. The molecule has 4 fully saturated rings. The highest BCUT2D eigenvalue weighted by Gasteiger charge is 2.58. The van der Waals surface area contributed by atoms with Gasteiger partial charge in [-0.3, -0.25) is 0 Å². The van der Waals surface area contributed by atoms with E-state index in [-0.39, 0.29) is 0 Å². The van der Waals surface area contributed by atoms with E-state index in [4.69, 9.17) is 0 Å². The van der Waals surface area contributed by atoms with Gasteiger partial charge in [0, 0.05) is 0 Å². The molecular weight excluding hydrogens is 252 g/mol. The average Bonchev–Trinajstić information content (AvgIpc) is 2.76. The van der Waals surface area contributed by atoms with E-state index in [0.717, 1.165) is 23.7 Å². The summed E-state index contributed by atoms with van der Waals surface area (Å²) in [5.41, 5.74) is 4.22. The van der Waals surface area contributed by atoms with Crippen LogP contribution in [0.2, 0.25) is 0 Å². The highest BCUT2D eigenvalue weighted by Crippen LogP contribution is 2.67. The van der Waals surface area contributed by atoms with Crippen LogP contribution in [0.1, 0.15) is 71.6 Å². The monoisotopic (exact) mass is 284 g/mol. The summed E-state index contributed by atoms with van der Waals surface area (Å²) in [6, 6.07) is 0. The molecule has 0 nitrogen and oxygen atoms in total. The fourth-order valence-electron chi connectivity index (χ4n) is 7.06. The first-order valence-electron chi connectivity index (χ1n) is 9.30. The number of hydrogen-bond donors (Lipinski definition) is 0. The Hall–Kier alpha value is -0.520. The SMILES string of the molecule is C=C1CC[C@]2(C)C3CC[C@]4(C)C(=C)CCC4C3CC[C@@H]2C1. The van der Waals surface area contributed by atoms with Crippen LogP contribution >= 0.6 is 0 Å². The molecule has 0 aromatic heterocycles. The van der Waals surface area contributed by atoms with Gasteiger partial charge in [-0.2, -0.15) is 0 Å². The van der Waals surface area contributed by atoms with E-state index >= 15 is 0 Å². The molecule has 0 aromatic carbocycles. The van der Waals surface area contributed by atoms with Crippen LogP contribution < -0.4 is 0 Å². The van der Waals surface area contributed by atoms with E-state index in [1.54, 1.807) is 5.57 Å². The summed E-state index contributed by atoms with van der Waals surface area (Å²) in [6.45, 7) is 13.9. The van der Waals surface area contributed by atoms with Crippen molar-refractivity contribution < 1.29 is 0 Å². The van der Waals surface area contributed by atoms with Crippen molar-refractivity contribution in [1.29, 1.82) is 0 Å². The van der Waals surface area contributed by atoms with Crippen LogP contribution in [0, 0.1) is 34.5 Å². The molecule has 0 heteroatoms. The van der Waals surface area contributed by atoms with Gasteiger partial charge in [-0.15, -0.1) is 0 Å². The Labute approximate surface area is 131 Å². The minimum atomic E-state index is 0.489. The molecule has 4 aliphatic carbocycles. The number of fused-ring (bicyclic) bond motifs is 5. The third-order valence-electron chi connectivity index (χ3n) is 8.57. The summed E-state index contributed by atoms with van der Waals surface area (Å²) in [7, 11) is 0. The maximum atomic E-state index is 4.45. The smallest absolute Gasteiger partial charge is 0.00879 e. The van der Waals surface area contributed by atoms with Gasteiger partial charge in [-0.1, -0.05) is 38.2 Å². The van der Waals surface area contributed by atoms with Crippen molar-refractivity contribution in [3.05, 3.63) is 24.3 Å². The second-order valence-corrected chi connectivity index (χ2v) is 9.21. The lowest BCUT2D eigenvalue weighted by atomic mass is 9.45. The van der Waals surface area contributed by atoms with Crippen molar-refractivity contribution in [1.82, 2.24) is 0 Å². The minimum absolute atomic E-state index is 0.489. The van der Waals surface area contributed by atoms with Crippen molar-refractivity contribution in [2.45, 2.75) is 71.6 Å². The predicted octanol–water partition coefficient (Wildman–Crippen LogP) is 6.14. The zero-order valence-corrected chi connectivity index (χ0v) is 14.1. The van der Waals surface area contributed by atoms with Gasteiger partial charge in [-0.25, -0.2) is 0 Å². The van der Waals surface area contributed by atoms with Gasteiger partial charge in [0.05, 0.1) is 0 Å². The zero-order chi connectivity index (χ0) is 14.8. The average molecular weight is 284 g/mol. The molecule has 0 aromatic rings. The van der Waals surface area contributed by atoms with Gasteiger partial charge < -0.3 is 0 Å². The normalized spacial score (nSPS) is 53.0. The largest absolute Gasteiger partial charge is 0.0999 e. The fraction of sp³-hybridized carbons (Fsp3) is 0.810. The van der Waals surface area contributed by atoms with Crippen molar-refractivity contribution in [3.8, 4) is 0 Å². The van der Waals surface area contributed by atoms with Gasteiger partial charge in [0.1, 0.15) is 0 Å². The first kappa shape index (κ1) is 14.1. The molecule has 21 heavy (non-hydrogen) atoms. The first-order chi connectivity index (χ1) is 9.95. The van der Waals surface area contributed by atoms with E-state index in [1.165, 1.54) is 63.4 Å². The zero-order valence-electron chi connectivity index (χ0n) is 14.1. The molecule has 4 saturated carbocycles. The van der Waals surface area contributed by atoms with Crippen LogP contribution in [0.3, 0.4) is 0 Å². The summed E-state index contributed by atoms with van der Waals surface area (Å²) in [4.78, 5) is 0. The Balaban J connectivity index is 1.65. The standard InChI is InChI=1S/C21H32/c1-14-9-11-21(4)16(13-14)6-7-17-18-8-5-15(2)20(18,3)12-10-19(17)21/h16-19H,1-2,5-13H2,3-4H3/t16-,17?,18?,19?,20-,21+/m1/s1. The van der Waals surface area contributed by atoms with E-state index in [0.29, 0.717) is 10.8 Å². The number of allylic oxidation sites excluding steroid dienone is 2. The molecule has 6 atom stereocenters. The molecule has 0 spiro atoms. The molecule has 0 bridgehead atoms. The van der Waals surface area contributed by atoms with Crippen molar-refractivity contribution in [3.63, 3.8) is 0 Å². The molecule has 4 aliphatic rings. The molecule has 0 radical (unpaired) electrons. The first-order valence-corrected chi connectivity index (χ1v) is 9.30. The minimum Gasteiger partial charge on any atom is -0.0999 e. The molecule has 4 rings (SSSR count). The Morgan fingerprint density at radius 3 is 2.52 bits per heavy atom. The molecular formula is C21H32. The Kier molecular flexibility index (Phi) is 3.02. The lowest BCUT2D eigenvalue weighted by Gasteiger charge is -2.60. The third-order valence-corrected chi connectivity index (χ3v) is 8.57. The van der Waals surface area contributed by atoms with E-state index < -0.39 is 0 Å². The molecule has 116 valence electrons. The molecule has 0 aliphatic heterocycles. The van der Waals surface area contributed by atoms with Crippen LogP contribution in [0.5, 0.6) is 0 Å². The third kappa shape index (κ3) is 1.80.